The normalized spacial score (nSPS) is 16.1. The highest BCUT2D eigenvalue weighted by atomic mass is 35.5. The van der Waals surface area contributed by atoms with Crippen molar-refractivity contribution in [2.24, 2.45) is 5.41 Å². The number of carbonyl (C=O) groups is 2. The molecule has 1 aliphatic carbocycles. The maximum Gasteiger partial charge on any atom is 0.260 e. The average Bonchev–Trinajstić information content (AvgIpc) is 3.06. The molecule has 0 aliphatic heterocycles. The fourth-order valence-electron chi connectivity index (χ4n) is 3.77. The van der Waals surface area contributed by atoms with Crippen LogP contribution in [0.2, 0.25) is 0 Å². The summed E-state index contributed by atoms with van der Waals surface area (Å²) in [5.74, 6) is 0.331. The van der Waals surface area contributed by atoms with Gasteiger partial charge in [0.15, 0.2) is 11.5 Å². The second-order valence-corrected chi connectivity index (χ2v) is 10.6. The SMILES string of the molecule is CCC(C)(C)CC(=O)N(Oc1ccc(C(C)(C)CC)cc1)c1cccc2c1CC(Cl)C2=O. The lowest BCUT2D eigenvalue weighted by Crippen LogP contribution is -2.37. The van der Waals surface area contributed by atoms with Gasteiger partial charge < -0.3 is 4.84 Å². The van der Waals surface area contributed by atoms with Gasteiger partial charge in [0, 0.05) is 12.0 Å². The van der Waals surface area contributed by atoms with Crippen LogP contribution in [0.3, 0.4) is 0 Å². The summed E-state index contributed by atoms with van der Waals surface area (Å²) in [5.41, 5.74) is 3.04. The van der Waals surface area contributed by atoms with Crippen LogP contribution in [0, 0.1) is 5.41 Å². The molecule has 0 fully saturated rings. The number of Topliss-reactive ketones (excluding diaryl/α,β-unsaturated/α-hetero) is 1. The minimum Gasteiger partial charge on any atom is -0.372 e. The third kappa shape index (κ3) is 5.01. The number of benzene rings is 2. The molecule has 2 aromatic carbocycles. The van der Waals surface area contributed by atoms with E-state index >= 15 is 0 Å². The summed E-state index contributed by atoms with van der Waals surface area (Å²) < 4.78 is 0. The lowest BCUT2D eigenvalue weighted by Gasteiger charge is -2.29. The highest BCUT2D eigenvalue weighted by molar-refractivity contribution is 6.35. The quantitative estimate of drug-likeness (QED) is 0.322. The largest absolute Gasteiger partial charge is 0.372 e. The first-order chi connectivity index (χ1) is 15.0. The predicted octanol–water partition coefficient (Wildman–Crippen LogP) is 6.87. The lowest BCUT2D eigenvalue weighted by molar-refractivity contribution is -0.124. The minimum absolute atomic E-state index is 0.0646. The monoisotopic (exact) mass is 455 g/mol. The molecule has 2 aromatic rings. The van der Waals surface area contributed by atoms with Crippen LogP contribution in [-0.4, -0.2) is 17.1 Å². The highest BCUT2D eigenvalue weighted by Crippen LogP contribution is 2.36. The van der Waals surface area contributed by atoms with Crippen LogP contribution < -0.4 is 9.90 Å². The number of ketones is 1. The molecule has 1 atom stereocenters. The maximum absolute atomic E-state index is 13.4. The molecule has 32 heavy (non-hydrogen) atoms. The zero-order valence-corrected chi connectivity index (χ0v) is 20.8. The van der Waals surface area contributed by atoms with Crippen molar-refractivity contribution in [1.29, 1.82) is 0 Å². The van der Waals surface area contributed by atoms with Crippen LogP contribution >= 0.6 is 11.6 Å². The van der Waals surface area contributed by atoms with Gasteiger partial charge in [0.1, 0.15) is 5.38 Å². The van der Waals surface area contributed by atoms with Gasteiger partial charge in [0.25, 0.3) is 5.91 Å². The second-order valence-electron chi connectivity index (χ2n) is 10.1. The Balaban J connectivity index is 1.98. The van der Waals surface area contributed by atoms with Gasteiger partial charge in [-0.1, -0.05) is 72.2 Å². The van der Waals surface area contributed by atoms with E-state index in [1.807, 2.05) is 30.3 Å². The summed E-state index contributed by atoms with van der Waals surface area (Å²) in [6.07, 6.45) is 2.60. The van der Waals surface area contributed by atoms with Crippen molar-refractivity contribution in [1.82, 2.24) is 0 Å². The van der Waals surface area contributed by atoms with E-state index in [0.29, 0.717) is 29.8 Å². The topological polar surface area (TPSA) is 46.6 Å². The number of carbonyl (C=O) groups excluding carboxylic acids is 2. The number of hydrogen-bond acceptors (Lipinski definition) is 3. The van der Waals surface area contributed by atoms with Gasteiger partial charge in [-0.15, -0.1) is 16.7 Å². The van der Waals surface area contributed by atoms with E-state index < -0.39 is 5.38 Å². The first-order valence-corrected chi connectivity index (χ1v) is 11.8. The Labute approximate surface area is 196 Å². The van der Waals surface area contributed by atoms with Crippen molar-refractivity contribution < 1.29 is 14.4 Å². The highest BCUT2D eigenvalue weighted by Gasteiger charge is 2.35. The van der Waals surface area contributed by atoms with Gasteiger partial charge in [0.2, 0.25) is 0 Å². The number of hydroxylamine groups is 1. The third-order valence-corrected chi connectivity index (χ3v) is 7.19. The Hall–Kier alpha value is -2.33. The second kappa shape index (κ2) is 9.27. The van der Waals surface area contributed by atoms with E-state index in [9.17, 15) is 9.59 Å². The van der Waals surface area contributed by atoms with Crippen LogP contribution in [0.25, 0.3) is 0 Å². The van der Waals surface area contributed by atoms with Gasteiger partial charge >= 0.3 is 0 Å². The molecule has 1 unspecified atom stereocenters. The first kappa shape index (κ1) is 24.3. The molecular weight excluding hydrogens is 422 g/mol. The Morgan fingerprint density at radius 2 is 1.72 bits per heavy atom. The Morgan fingerprint density at radius 1 is 1.06 bits per heavy atom. The molecule has 0 N–H and O–H groups in total. The molecule has 3 rings (SSSR count). The zero-order chi connectivity index (χ0) is 23.7. The maximum atomic E-state index is 13.4. The number of rotatable bonds is 8. The summed E-state index contributed by atoms with van der Waals surface area (Å²) in [5, 5.41) is 0.754. The van der Waals surface area contributed by atoms with E-state index in [0.717, 1.165) is 18.4 Å². The van der Waals surface area contributed by atoms with Crippen LogP contribution in [0.1, 0.15) is 82.3 Å². The molecule has 0 aromatic heterocycles. The molecule has 0 saturated heterocycles. The molecular formula is C27H34ClNO3. The molecule has 0 saturated carbocycles. The number of anilines is 1. The van der Waals surface area contributed by atoms with E-state index in [4.69, 9.17) is 16.4 Å². The third-order valence-electron chi connectivity index (χ3n) is 6.83. The minimum atomic E-state index is -0.606. The van der Waals surface area contributed by atoms with Crippen molar-refractivity contribution >= 4 is 29.0 Å². The van der Waals surface area contributed by atoms with Crippen molar-refractivity contribution in [3.8, 4) is 5.75 Å². The fourth-order valence-corrected chi connectivity index (χ4v) is 4.04. The van der Waals surface area contributed by atoms with Crippen molar-refractivity contribution in [3.63, 3.8) is 0 Å². The first-order valence-electron chi connectivity index (χ1n) is 11.4. The van der Waals surface area contributed by atoms with Crippen molar-refractivity contribution in [2.45, 2.75) is 78.0 Å². The number of nitrogens with zero attached hydrogens (tertiary/aromatic N) is 1. The number of fused-ring (bicyclic) bond motifs is 1. The van der Waals surface area contributed by atoms with Crippen LogP contribution in [-0.2, 0) is 16.6 Å². The van der Waals surface area contributed by atoms with Gasteiger partial charge in [-0.05, 0) is 53.0 Å². The molecule has 0 radical (unpaired) electrons. The number of hydrogen-bond donors (Lipinski definition) is 0. The molecule has 172 valence electrons. The van der Waals surface area contributed by atoms with Gasteiger partial charge in [-0.3, -0.25) is 9.59 Å². The number of amides is 1. The van der Waals surface area contributed by atoms with Gasteiger partial charge in [0.05, 0.1) is 5.69 Å². The Bertz CT molecular complexity index is 994. The van der Waals surface area contributed by atoms with E-state index in [2.05, 4.69) is 41.5 Å². The zero-order valence-electron chi connectivity index (χ0n) is 20.0. The lowest BCUT2D eigenvalue weighted by atomic mass is 9.82. The molecule has 1 amide bonds. The smallest absolute Gasteiger partial charge is 0.260 e. The Kier molecular flexibility index (Phi) is 7.04. The van der Waals surface area contributed by atoms with Crippen molar-refractivity contribution in [3.05, 3.63) is 59.2 Å². The molecule has 0 spiro atoms. The van der Waals surface area contributed by atoms with E-state index in [1.54, 1.807) is 12.1 Å². The van der Waals surface area contributed by atoms with Gasteiger partial charge in [-0.25, -0.2) is 0 Å². The summed E-state index contributed by atoms with van der Waals surface area (Å²) >= 11 is 6.25. The summed E-state index contributed by atoms with van der Waals surface area (Å²) in [6, 6.07) is 13.3. The number of halogens is 1. The Morgan fingerprint density at radius 3 is 2.31 bits per heavy atom. The van der Waals surface area contributed by atoms with Crippen LogP contribution in [0.5, 0.6) is 5.75 Å². The fraction of sp³-hybridized carbons (Fsp3) is 0.481. The molecule has 0 heterocycles. The van der Waals surface area contributed by atoms with E-state index in [1.165, 1.54) is 10.6 Å². The van der Waals surface area contributed by atoms with Crippen LogP contribution in [0.15, 0.2) is 42.5 Å². The predicted molar refractivity (Wildman–Crippen MR) is 131 cm³/mol. The molecule has 0 bridgehead atoms. The number of alkyl halides is 1. The molecule has 1 aliphatic rings. The summed E-state index contributed by atoms with van der Waals surface area (Å²) in [6.45, 7) is 12.8. The van der Waals surface area contributed by atoms with Crippen molar-refractivity contribution in [2.75, 3.05) is 5.06 Å². The van der Waals surface area contributed by atoms with Gasteiger partial charge in [-0.2, -0.15) is 0 Å². The van der Waals surface area contributed by atoms with Crippen LogP contribution in [0.4, 0.5) is 5.69 Å². The summed E-state index contributed by atoms with van der Waals surface area (Å²) in [7, 11) is 0. The average molecular weight is 456 g/mol. The molecule has 4 nitrogen and oxygen atoms in total. The van der Waals surface area contributed by atoms with E-state index in [-0.39, 0.29) is 22.5 Å². The molecule has 5 heteroatoms. The summed E-state index contributed by atoms with van der Waals surface area (Å²) in [4.78, 5) is 32.1. The standard InChI is InChI=1S/C27H34ClNO3/c1-7-26(3,4)17-24(30)29(23-11-9-10-20-21(23)16-22(28)25(20)31)32-19-14-12-18(13-15-19)27(5,6)8-2/h9-15,22H,7-8,16-17H2,1-6H3.